The van der Waals surface area contributed by atoms with Gasteiger partial charge in [0.25, 0.3) is 0 Å². The van der Waals surface area contributed by atoms with Gasteiger partial charge < -0.3 is 68.8 Å². The zero-order valence-corrected chi connectivity index (χ0v) is 41.9. The van der Waals surface area contributed by atoms with E-state index in [0.717, 1.165) is 0 Å². The van der Waals surface area contributed by atoms with E-state index in [-0.39, 0.29) is 75.1 Å². The lowest BCUT2D eigenvalue weighted by atomic mass is 9.99. The van der Waals surface area contributed by atoms with Crippen molar-refractivity contribution < 1.29 is 48.6 Å². The number of aliphatic imine (C=N–C) groups is 1. The van der Waals surface area contributed by atoms with Crippen LogP contribution >= 0.6 is 21.6 Å². The quantitative estimate of drug-likeness (QED) is 0.0230. The number of guanidine groups is 1. The van der Waals surface area contributed by atoms with Gasteiger partial charge in [-0.05, 0) is 61.9 Å². The van der Waals surface area contributed by atoms with E-state index < -0.39 is 95.5 Å². The molecule has 2 aliphatic heterocycles. The van der Waals surface area contributed by atoms with Gasteiger partial charge in [0.15, 0.2) is 5.96 Å². The van der Waals surface area contributed by atoms with Crippen molar-refractivity contribution in [1.29, 1.82) is 0 Å². The Morgan fingerprint density at radius 2 is 1.61 bits per heavy atom. The number of imidazole rings is 1. The number of phenols is 1. The number of aromatic hydroxyl groups is 1. The zero-order valence-electron chi connectivity index (χ0n) is 40.3. The normalized spacial score (nSPS) is 19.8. The number of phenolic OH excluding ortho intramolecular Hbond substituents is 1. The maximum Gasteiger partial charge on any atom is 0.326 e. The third kappa shape index (κ3) is 17.2. The van der Waals surface area contributed by atoms with E-state index in [1.807, 2.05) is 0 Å². The fourth-order valence-electron chi connectivity index (χ4n) is 8.12. The van der Waals surface area contributed by atoms with Crippen LogP contribution in [0, 0.1) is 5.92 Å². The molecule has 14 N–H and O–H groups in total. The minimum absolute atomic E-state index is 0.0129. The van der Waals surface area contributed by atoms with Gasteiger partial charge >= 0.3 is 5.97 Å². The summed E-state index contributed by atoms with van der Waals surface area (Å²) >= 11 is 0. The first-order chi connectivity index (χ1) is 34.4. The maximum atomic E-state index is 14.7. The molecule has 0 radical (unpaired) electrons. The number of hydrogen-bond donors (Lipinski definition) is 12. The maximum absolute atomic E-state index is 14.7. The number of amides is 7. The highest BCUT2D eigenvalue weighted by Gasteiger charge is 2.44. The van der Waals surface area contributed by atoms with E-state index in [2.05, 4.69) is 52.2 Å². The Morgan fingerprint density at radius 1 is 0.903 bits per heavy atom. The third-order valence-electron chi connectivity index (χ3n) is 11.9. The van der Waals surface area contributed by atoms with Gasteiger partial charge in [0.1, 0.15) is 48.0 Å². The van der Waals surface area contributed by atoms with Crippen LogP contribution in [0.5, 0.6) is 5.75 Å². The molecule has 390 valence electrons. The fourth-order valence-corrected chi connectivity index (χ4v) is 10.8. The van der Waals surface area contributed by atoms with Crippen LogP contribution in [-0.2, 0) is 57.6 Å². The molecule has 8 atom stereocenters. The van der Waals surface area contributed by atoms with Crippen molar-refractivity contribution in [2.45, 2.75) is 106 Å². The fraction of sp³-hybridized carbons (Fsp3) is 0.489. The number of carboxylic acids is 1. The summed E-state index contributed by atoms with van der Waals surface area (Å²) in [5.74, 6) is -6.25. The number of hydrogen-bond acceptors (Lipinski definition) is 14. The first-order valence-electron chi connectivity index (χ1n) is 23.5. The average Bonchev–Trinajstić information content (AvgIpc) is 4.03. The van der Waals surface area contributed by atoms with Crippen LogP contribution in [0.3, 0.4) is 0 Å². The van der Waals surface area contributed by atoms with E-state index in [9.17, 15) is 48.6 Å². The highest BCUT2D eigenvalue weighted by molar-refractivity contribution is 8.76. The molecule has 3 heterocycles. The topological polar surface area (TPSA) is 358 Å². The molecule has 0 spiro atoms. The molecule has 0 saturated carbocycles. The van der Waals surface area contributed by atoms with Crippen LogP contribution < -0.4 is 48.7 Å². The lowest BCUT2D eigenvalue weighted by Gasteiger charge is -2.31. The monoisotopic (exact) mass is 1040 g/mol. The molecule has 2 bridgehead atoms. The van der Waals surface area contributed by atoms with Crippen LogP contribution in [0.15, 0.2) is 72.1 Å². The van der Waals surface area contributed by atoms with Gasteiger partial charge in [-0.2, -0.15) is 0 Å². The summed E-state index contributed by atoms with van der Waals surface area (Å²) in [6.45, 7) is 3.62. The van der Waals surface area contributed by atoms with Gasteiger partial charge in [-0.1, -0.05) is 77.9 Å². The summed E-state index contributed by atoms with van der Waals surface area (Å²) in [5.41, 5.74) is 12.6. The predicted molar refractivity (Wildman–Crippen MR) is 271 cm³/mol. The number of aromatic nitrogens is 2. The van der Waals surface area contributed by atoms with Gasteiger partial charge in [-0.25, -0.2) is 9.78 Å². The molecule has 25 heteroatoms. The Hall–Kier alpha value is -6.86. The zero-order chi connectivity index (χ0) is 52.3. The molecule has 1 aromatic heterocycles. The largest absolute Gasteiger partial charge is 0.508 e. The molecule has 2 aliphatic rings. The van der Waals surface area contributed by atoms with Crippen molar-refractivity contribution in [3.63, 3.8) is 0 Å². The van der Waals surface area contributed by atoms with Crippen molar-refractivity contribution in [2.75, 3.05) is 32.4 Å². The summed E-state index contributed by atoms with van der Waals surface area (Å²) in [5, 5.41) is 38.9. The molecular formula is C47H65N13O10S2. The molecule has 2 aromatic carbocycles. The molecule has 5 rings (SSSR count). The molecule has 0 unspecified atom stereocenters. The lowest BCUT2D eigenvalue weighted by molar-refractivity contribution is -0.145. The van der Waals surface area contributed by atoms with Crippen molar-refractivity contribution in [3.8, 4) is 5.75 Å². The van der Waals surface area contributed by atoms with Crippen LogP contribution in [0.1, 0.15) is 56.4 Å². The molecular weight excluding hydrogens is 971 g/mol. The Bertz CT molecular complexity index is 2360. The van der Waals surface area contributed by atoms with Gasteiger partial charge in [-0.3, -0.25) is 38.6 Å². The van der Waals surface area contributed by atoms with E-state index in [4.69, 9.17) is 11.5 Å². The highest BCUT2D eigenvalue weighted by atomic mass is 33.1. The number of carbonyl (C=O) groups excluding carboxylic acids is 7. The number of nitrogens with two attached hydrogens (primary N) is 2. The number of nitrogens with one attached hydrogen (secondary N) is 8. The SMILES string of the molecule is CNCC(=O)N[C@@H](CCCN=C(N)N)C(=O)N[C@H](C(=O)N[C@@H](Cc1ccc(O)cc1)C(=O)N[C@@H]1CCSS[C@@H]2C[C@H](C(=O)N[C@@H](Cc3ccccc3)C(=O)O)N(C2)C(=O)[C@@H](Cc2cnc[nH]2)NC1=O)C(C)C. The molecule has 0 aliphatic carbocycles. The van der Waals surface area contributed by atoms with Crippen LogP contribution in [-0.4, -0.2) is 158 Å². The smallest absolute Gasteiger partial charge is 0.326 e. The molecule has 7 amide bonds. The first-order valence-corrected chi connectivity index (χ1v) is 25.9. The molecule has 2 fully saturated rings. The second-order valence-electron chi connectivity index (χ2n) is 17.8. The number of nitrogens with zero attached hydrogens (tertiary/aromatic N) is 3. The Morgan fingerprint density at radius 3 is 2.26 bits per heavy atom. The lowest BCUT2D eigenvalue weighted by Crippen LogP contribution is -2.61. The summed E-state index contributed by atoms with van der Waals surface area (Å²) in [6.07, 6.45) is 3.44. The van der Waals surface area contributed by atoms with E-state index in [1.54, 1.807) is 63.4 Å². The van der Waals surface area contributed by atoms with Crippen molar-refractivity contribution in [1.82, 2.24) is 52.1 Å². The standard InChI is InChI=1S/C47H65N13O10S2/c1-26(2)39(59-41(64)32(54-38(62)23-50-3)10-7-16-52-47(48)49)44(67)56-34(18-28-11-13-30(61)14-12-28)42(65)55-33-15-17-71-72-31-21-37(43(66)58-36(46(69)70)19-27-8-5-4-6-9-27)60(24-31)45(68)35(57-40(33)63)20-29-22-51-25-53-29/h4-6,8-9,11-14,22,25-26,31-37,39,50,61H,7,10,15-21,23-24H2,1-3H3,(H,51,53)(H,54,62)(H,55,65)(H,56,67)(H,57,63)(H,58,66)(H,59,64)(H,69,70)(H4,48,49,52)/t31-,32+,33-,34+,35-,36+,37-,39+/m1/s1. The second-order valence-corrected chi connectivity index (χ2v) is 20.6. The molecule has 2 saturated heterocycles. The highest BCUT2D eigenvalue weighted by Crippen LogP contribution is 2.37. The summed E-state index contributed by atoms with van der Waals surface area (Å²) in [4.78, 5) is 123. The van der Waals surface area contributed by atoms with Crippen LogP contribution in [0.2, 0.25) is 0 Å². The molecule has 3 aromatic rings. The Kier molecular flexibility index (Phi) is 21.5. The number of likely N-dealkylation sites (N-methyl/N-ethyl adjacent to an activating group) is 1. The van der Waals surface area contributed by atoms with Crippen molar-refractivity contribution in [3.05, 3.63) is 83.9 Å². The first kappa shape index (κ1) is 56.1. The number of fused-ring (bicyclic) bond motifs is 2. The van der Waals surface area contributed by atoms with E-state index in [0.29, 0.717) is 29.0 Å². The van der Waals surface area contributed by atoms with Gasteiger partial charge in [0.2, 0.25) is 41.4 Å². The third-order valence-corrected chi connectivity index (χ3v) is 14.7. The number of aliphatic carboxylic acids is 1. The second kappa shape index (κ2) is 27.7. The Labute approximate surface area is 424 Å². The van der Waals surface area contributed by atoms with Gasteiger partial charge in [-0.15, -0.1) is 0 Å². The summed E-state index contributed by atoms with van der Waals surface area (Å²) in [6, 6.07) is 6.29. The summed E-state index contributed by atoms with van der Waals surface area (Å²) < 4.78 is 0. The van der Waals surface area contributed by atoms with Gasteiger partial charge in [0.05, 0.1) is 12.9 Å². The number of aromatic amines is 1. The van der Waals surface area contributed by atoms with Crippen LogP contribution in [0.25, 0.3) is 0 Å². The number of rotatable bonds is 23. The number of benzene rings is 2. The predicted octanol–water partition coefficient (Wildman–Crippen LogP) is -1.18. The van der Waals surface area contributed by atoms with Crippen molar-refractivity contribution in [2.24, 2.45) is 22.4 Å². The van der Waals surface area contributed by atoms with Crippen LogP contribution in [0.4, 0.5) is 0 Å². The average molecular weight is 1040 g/mol. The Balaban J connectivity index is 1.37. The summed E-state index contributed by atoms with van der Waals surface area (Å²) in [7, 11) is 4.36. The van der Waals surface area contributed by atoms with E-state index in [1.165, 1.54) is 51.1 Å². The number of H-pyrrole nitrogens is 1. The molecule has 72 heavy (non-hydrogen) atoms. The van der Waals surface area contributed by atoms with Crippen molar-refractivity contribution >= 4 is 74.9 Å². The van der Waals surface area contributed by atoms with Gasteiger partial charge in [0, 0.05) is 55.2 Å². The molecule has 23 nitrogen and oxygen atoms in total. The minimum Gasteiger partial charge on any atom is -0.508 e. The minimum atomic E-state index is -1.35. The number of carbonyl (C=O) groups is 8. The number of carboxylic acid groups (broad SMARTS) is 1. The van der Waals surface area contributed by atoms with E-state index >= 15 is 0 Å².